The Morgan fingerprint density at radius 2 is 1.83 bits per heavy atom. The smallest absolute Gasteiger partial charge is 0.101 e. The third-order valence-electron chi connectivity index (χ3n) is 3.16. The van der Waals surface area contributed by atoms with Crippen molar-refractivity contribution in [3.05, 3.63) is 29.3 Å². The number of hydrogen-bond donors (Lipinski definition) is 0. The molecule has 1 aromatic rings. The van der Waals surface area contributed by atoms with Crippen LogP contribution in [0.15, 0.2) is 18.2 Å². The maximum atomic E-state index is 9.06. The lowest BCUT2D eigenvalue weighted by Crippen LogP contribution is -2.33. The second-order valence-corrected chi connectivity index (χ2v) is 4.40. The fourth-order valence-corrected chi connectivity index (χ4v) is 1.97. The molecule has 0 saturated carbocycles. The van der Waals surface area contributed by atoms with E-state index in [1.165, 1.54) is 0 Å². The molecule has 18 heavy (non-hydrogen) atoms. The van der Waals surface area contributed by atoms with Crippen molar-refractivity contribution >= 4 is 5.69 Å². The predicted octanol–water partition coefficient (Wildman–Crippen LogP) is 3.44. The van der Waals surface area contributed by atoms with Gasteiger partial charge < -0.3 is 4.90 Å². The molecule has 94 valence electrons. The molecule has 1 atom stereocenters. The highest BCUT2D eigenvalue weighted by atomic mass is 15.2. The average molecular weight is 241 g/mol. The maximum Gasteiger partial charge on any atom is 0.101 e. The van der Waals surface area contributed by atoms with Crippen molar-refractivity contribution in [2.24, 2.45) is 0 Å². The Morgan fingerprint density at radius 3 is 2.33 bits per heavy atom. The van der Waals surface area contributed by atoms with Gasteiger partial charge in [-0.2, -0.15) is 10.5 Å². The third-order valence-corrected chi connectivity index (χ3v) is 3.16. The molecular weight excluding hydrogens is 222 g/mol. The highest BCUT2D eigenvalue weighted by Crippen LogP contribution is 2.22. The molecule has 0 bridgehead atoms. The Hall–Kier alpha value is -2.00. The molecule has 0 saturated heterocycles. The summed E-state index contributed by atoms with van der Waals surface area (Å²) in [5, 5.41) is 18.0. The molecule has 0 unspecified atom stereocenters. The lowest BCUT2D eigenvalue weighted by molar-refractivity contribution is 0.610. The van der Waals surface area contributed by atoms with Crippen molar-refractivity contribution in [1.82, 2.24) is 0 Å². The Kier molecular flexibility index (Phi) is 5.21. The second-order valence-electron chi connectivity index (χ2n) is 4.40. The Bertz CT molecular complexity index is 479. The number of nitriles is 2. The average Bonchev–Trinajstić information content (AvgIpc) is 2.43. The standard InChI is InChI=1S/C15H19N3/c1-4-8-18(12(3)5-2)15-7-6-13(10-16)14(9-15)11-17/h6-7,9,12H,4-5,8H2,1-3H3/t12-/m1/s1. The third kappa shape index (κ3) is 3.02. The summed E-state index contributed by atoms with van der Waals surface area (Å²) in [6.45, 7) is 7.44. The maximum absolute atomic E-state index is 9.06. The molecule has 3 nitrogen and oxygen atoms in total. The first kappa shape index (κ1) is 14.1. The van der Waals surface area contributed by atoms with Gasteiger partial charge in [0.25, 0.3) is 0 Å². The zero-order valence-corrected chi connectivity index (χ0v) is 11.3. The molecule has 0 amide bonds. The molecule has 1 rings (SSSR count). The number of benzene rings is 1. The van der Waals surface area contributed by atoms with Crippen molar-refractivity contribution in [2.45, 2.75) is 39.7 Å². The van der Waals surface area contributed by atoms with Crippen LogP contribution in [0, 0.1) is 22.7 Å². The van der Waals surface area contributed by atoms with Crippen LogP contribution in [0.4, 0.5) is 5.69 Å². The monoisotopic (exact) mass is 241 g/mol. The van der Waals surface area contributed by atoms with Crippen LogP contribution in [-0.2, 0) is 0 Å². The molecule has 0 fully saturated rings. The largest absolute Gasteiger partial charge is 0.369 e. The molecular formula is C15H19N3. The molecule has 0 heterocycles. The Balaban J connectivity index is 3.14. The van der Waals surface area contributed by atoms with E-state index in [4.69, 9.17) is 10.5 Å². The lowest BCUT2D eigenvalue weighted by atomic mass is 10.1. The van der Waals surface area contributed by atoms with E-state index in [0.29, 0.717) is 17.2 Å². The van der Waals surface area contributed by atoms with E-state index in [-0.39, 0.29) is 0 Å². The summed E-state index contributed by atoms with van der Waals surface area (Å²) in [5.41, 5.74) is 1.93. The van der Waals surface area contributed by atoms with E-state index in [9.17, 15) is 0 Å². The van der Waals surface area contributed by atoms with Gasteiger partial charge in [0, 0.05) is 18.3 Å². The molecule has 0 radical (unpaired) electrons. The summed E-state index contributed by atoms with van der Waals surface area (Å²) < 4.78 is 0. The van der Waals surface area contributed by atoms with E-state index in [2.05, 4.69) is 31.7 Å². The van der Waals surface area contributed by atoms with Crippen molar-refractivity contribution in [3.63, 3.8) is 0 Å². The van der Waals surface area contributed by atoms with Crippen LogP contribution in [0.2, 0.25) is 0 Å². The van der Waals surface area contributed by atoms with Gasteiger partial charge in [-0.05, 0) is 38.0 Å². The van der Waals surface area contributed by atoms with Gasteiger partial charge in [0.05, 0.1) is 11.1 Å². The van der Waals surface area contributed by atoms with Crippen LogP contribution >= 0.6 is 0 Å². The minimum absolute atomic E-state index is 0.435. The van der Waals surface area contributed by atoms with Crippen molar-refractivity contribution in [1.29, 1.82) is 10.5 Å². The zero-order chi connectivity index (χ0) is 13.5. The minimum Gasteiger partial charge on any atom is -0.369 e. The van der Waals surface area contributed by atoms with Crippen molar-refractivity contribution < 1.29 is 0 Å². The normalized spacial score (nSPS) is 11.4. The van der Waals surface area contributed by atoms with E-state index < -0.39 is 0 Å². The molecule has 0 aliphatic carbocycles. The van der Waals surface area contributed by atoms with Gasteiger partial charge in [-0.15, -0.1) is 0 Å². The van der Waals surface area contributed by atoms with Crippen LogP contribution in [0.1, 0.15) is 44.7 Å². The van der Waals surface area contributed by atoms with Crippen LogP contribution in [0.3, 0.4) is 0 Å². The fraction of sp³-hybridized carbons (Fsp3) is 0.467. The van der Waals surface area contributed by atoms with Crippen LogP contribution in [-0.4, -0.2) is 12.6 Å². The van der Waals surface area contributed by atoms with Crippen molar-refractivity contribution in [2.75, 3.05) is 11.4 Å². The fourth-order valence-electron chi connectivity index (χ4n) is 1.97. The lowest BCUT2D eigenvalue weighted by Gasteiger charge is -2.30. The SMILES string of the molecule is CCCN(c1ccc(C#N)c(C#N)c1)[C@H](C)CC. The number of anilines is 1. The van der Waals surface area contributed by atoms with Crippen molar-refractivity contribution in [3.8, 4) is 12.1 Å². The van der Waals surface area contributed by atoms with Gasteiger partial charge >= 0.3 is 0 Å². The highest BCUT2D eigenvalue weighted by Gasteiger charge is 2.13. The van der Waals surface area contributed by atoms with Gasteiger partial charge in [-0.1, -0.05) is 13.8 Å². The van der Waals surface area contributed by atoms with Gasteiger partial charge in [0.15, 0.2) is 0 Å². The van der Waals surface area contributed by atoms with Gasteiger partial charge in [0.2, 0.25) is 0 Å². The summed E-state index contributed by atoms with van der Waals surface area (Å²) in [4.78, 5) is 2.29. The number of hydrogen-bond acceptors (Lipinski definition) is 3. The molecule has 0 aliphatic heterocycles. The summed E-state index contributed by atoms with van der Waals surface area (Å²) >= 11 is 0. The highest BCUT2D eigenvalue weighted by molar-refractivity contribution is 5.58. The number of rotatable bonds is 5. The number of nitrogens with zero attached hydrogens (tertiary/aromatic N) is 3. The van der Waals surface area contributed by atoms with Crippen LogP contribution in [0.25, 0.3) is 0 Å². The molecule has 0 aromatic heterocycles. The molecule has 3 heteroatoms. The van der Waals surface area contributed by atoms with Crippen LogP contribution < -0.4 is 4.90 Å². The molecule has 0 N–H and O–H groups in total. The quantitative estimate of drug-likeness (QED) is 0.793. The minimum atomic E-state index is 0.435. The Labute approximate surface area is 109 Å². The molecule has 1 aromatic carbocycles. The first-order valence-electron chi connectivity index (χ1n) is 6.38. The summed E-state index contributed by atoms with van der Waals surface area (Å²) in [5.74, 6) is 0. The van der Waals surface area contributed by atoms with Gasteiger partial charge in [-0.25, -0.2) is 0 Å². The second kappa shape index (κ2) is 6.67. The first-order valence-corrected chi connectivity index (χ1v) is 6.38. The zero-order valence-electron chi connectivity index (χ0n) is 11.3. The van der Waals surface area contributed by atoms with E-state index >= 15 is 0 Å². The molecule has 0 aliphatic rings. The Morgan fingerprint density at radius 1 is 1.17 bits per heavy atom. The van der Waals surface area contributed by atoms with E-state index in [1.807, 2.05) is 18.2 Å². The summed E-state index contributed by atoms with van der Waals surface area (Å²) in [6.07, 6.45) is 2.12. The van der Waals surface area contributed by atoms with Gasteiger partial charge in [0.1, 0.15) is 12.1 Å². The van der Waals surface area contributed by atoms with E-state index in [0.717, 1.165) is 25.1 Å². The molecule has 0 spiro atoms. The predicted molar refractivity (Wildman–Crippen MR) is 73.3 cm³/mol. The van der Waals surface area contributed by atoms with Gasteiger partial charge in [-0.3, -0.25) is 0 Å². The van der Waals surface area contributed by atoms with Crippen LogP contribution in [0.5, 0.6) is 0 Å². The summed E-state index contributed by atoms with van der Waals surface area (Å²) in [6, 6.07) is 10.1. The van der Waals surface area contributed by atoms with E-state index in [1.54, 1.807) is 6.07 Å². The first-order chi connectivity index (χ1) is 8.67. The summed E-state index contributed by atoms with van der Waals surface area (Å²) in [7, 11) is 0. The topological polar surface area (TPSA) is 50.8 Å².